The minimum Gasteiger partial charge on any atom is -0.493 e. The Labute approximate surface area is 122 Å². The first-order valence-corrected chi connectivity index (χ1v) is 6.50. The zero-order valence-corrected chi connectivity index (χ0v) is 12.2. The molecule has 0 spiro atoms. The minimum atomic E-state index is 0.362. The van der Waals surface area contributed by atoms with Gasteiger partial charge in [0.2, 0.25) is 4.77 Å². The molecule has 2 N–H and O–H groups in total. The van der Waals surface area contributed by atoms with Crippen molar-refractivity contribution in [2.24, 2.45) is 0 Å². The van der Waals surface area contributed by atoms with Crippen LogP contribution in [0, 0.1) is 4.77 Å². The highest BCUT2D eigenvalue weighted by Gasteiger charge is 2.04. The summed E-state index contributed by atoms with van der Waals surface area (Å²) in [6.45, 7) is 0.725. The third-order valence-corrected chi connectivity index (χ3v) is 2.92. The third kappa shape index (κ3) is 3.67. The van der Waals surface area contributed by atoms with Crippen LogP contribution < -0.4 is 14.8 Å². The van der Waals surface area contributed by atoms with Crippen LogP contribution in [0.5, 0.6) is 11.5 Å². The number of aromatic amines is 1. The third-order valence-electron chi connectivity index (χ3n) is 2.74. The van der Waals surface area contributed by atoms with Crippen LogP contribution in [-0.4, -0.2) is 35.9 Å². The van der Waals surface area contributed by atoms with Gasteiger partial charge in [-0.15, -0.1) is 0 Å². The molecule has 106 valence electrons. The molecule has 0 aliphatic rings. The first kappa shape index (κ1) is 14.3. The maximum Gasteiger partial charge on any atom is 0.215 e. The molecule has 0 amide bonds. The molecule has 2 rings (SSSR count). The second-order valence-corrected chi connectivity index (χ2v) is 4.43. The van der Waals surface area contributed by atoms with E-state index < -0.39 is 0 Å². The zero-order valence-electron chi connectivity index (χ0n) is 11.3. The molecule has 7 heteroatoms. The number of anilines is 1. The van der Waals surface area contributed by atoms with E-state index >= 15 is 0 Å². The largest absolute Gasteiger partial charge is 0.493 e. The molecule has 0 bridgehead atoms. The van der Waals surface area contributed by atoms with Gasteiger partial charge in [-0.25, -0.2) is 4.98 Å². The van der Waals surface area contributed by atoms with E-state index in [4.69, 9.17) is 21.7 Å². The number of nitrogens with zero attached hydrogens (tertiary/aromatic N) is 2. The van der Waals surface area contributed by atoms with Crippen molar-refractivity contribution in [1.29, 1.82) is 0 Å². The molecule has 1 heterocycles. The monoisotopic (exact) mass is 292 g/mol. The standard InChI is InChI=1S/C13H16N4O2S/c1-18-10-4-3-9(7-11(10)19-2)5-6-14-12-8-15-17-13(20)16-12/h3-4,7-8H,5-6H2,1-2H3,(H2,14,16,17,20). The Morgan fingerprint density at radius 3 is 2.75 bits per heavy atom. The number of benzene rings is 1. The van der Waals surface area contributed by atoms with Gasteiger partial charge < -0.3 is 14.8 Å². The summed E-state index contributed by atoms with van der Waals surface area (Å²) in [6, 6.07) is 5.86. The molecule has 0 aliphatic heterocycles. The number of ether oxygens (including phenoxy) is 2. The van der Waals surface area contributed by atoms with Crippen molar-refractivity contribution in [3.63, 3.8) is 0 Å². The van der Waals surface area contributed by atoms with Crippen LogP contribution in [0.1, 0.15) is 5.56 Å². The number of rotatable bonds is 6. The predicted octanol–water partition coefficient (Wildman–Crippen LogP) is 2.21. The Morgan fingerprint density at radius 1 is 1.25 bits per heavy atom. The fourth-order valence-electron chi connectivity index (χ4n) is 1.77. The number of aromatic nitrogens is 3. The molecule has 0 radical (unpaired) electrons. The van der Waals surface area contributed by atoms with Gasteiger partial charge in [0, 0.05) is 6.54 Å². The Hall–Kier alpha value is -2.15. The summed E-state index contributed by atoms with van der Waals surface area (Å²) in [5.41, 5.74) is 1.14. The van der Waals surface area contributed by atoms with E-state index in [1.807, 2.05) is 18.2 Å². The van der Waals surface area contributed by atoms with Crippen molar-refractivity contribution >= 4 is 18.0 Å². The smallest absolute Gasteiger partial charge is 0.215 e. The first-order valence-electron chi connectivity index (χ1n) is 6.09. The molecule has 0 fully saturated rings. The normalized spacial score (nSPS) is 10.1. The maximum absolute atomic E-state index is 5.27. The van der Waals surface area contributed by atoms with Crippen LogP contribution in [-0.2, 0) is 6.42 Å². The molecule has 2 aromatic rings. The molecule has 1 aromatic heterocycles. The fourth-order valence-corrected chi connectivity index (χ4v) is 1.92. The first-order chi connectivity index (χ1) is 9.72. The van der Waals surface area contributed by atoms with Gasteiger partial charge in [-0.3, -0.25) is 5.10 Å². The molecule has 20 heavy (non-hydrogen) atoms. The highest BCUT2D eigenvalue weighted by Crippen LogP contribution is 2.27. The highest BCUT2D eigenvalue weighted by molar-refractivity contribution is 7.71. The quantitative estimate of drug-likeness (QED) is 0.795. The van der Waals surface area contributed by atoms with Crippen LogP contribution >= 0.6 is 12.2 Å². The van der Waals surface area contributed by atoms with E-state index in [1.54, 1.807) is 20.4 Å². The second-order valence-electron chi connectivity index (χ2n) is 4.04. The van der Waals surface area contributed by atoms with Gasteiger partial charge in [-0.05, 0) is 36.3 Å². The van der Waals surface area contributed by atoms with Gasteiger partial charge in [0.15, 0.2) is 11.5 Å². The SMILES string of the molecule is COc1ccc(CCNc2cn[nH]c(=S)n2)cc1OC. The van der Waals surface area contributed by atoms with Crippen LogP contribution in [0.25, 0.3) is 0 Å². The van der Waals surface area contributed by atoms with E-state index in [-0.39, 0.29) is 0 Å². The van der Waals surface area contributed by atoms with Gasteiger partial charge in [0.05, 0.1) is 20.4 Å². The van der Waals surface area contributed by atoms with Crippen molar-refractivity contribution in [1.82, 2.24) is 15.2 Å². The Bertz CT molecular complexity index is 630. The van der Waals surface area contributed by atoms with Gasteiger partial charge >= 0.3 is 0 Å². The van der Waals surface area contributed by atoms with Crippen LogP contribution in [0.3, 0.4) is 0 Å². The predicted molar refractivity (Wildman–Crippen MR) is 79.0 cm³/mol. The molecule has 0 saturated heterocycles. The molecule has 0 aliphatic carbocycles. The lowest BCUT2D eigenvalue weighted by atomic mass is 10.1. The molecule has 6 nitrogen and oxygen atoms in total. The van der Waals surface area contributed by atoms with Crippen molar-refractivity contribution in [2.75, 3.05) is 26.1 Å². The summed E-state index contributed by atoms with van der Waals surface area (Å²) >= 11 is 4.90. The number of nitrogens with one attached hydrogen (secondary N) is 2. The van der Waals surface area contributed by atoms with Crippen LogP contribution in [0.15, 0.2) is 24.4 Å². The number of hydrogen-bond donors (Lipinski definition) is 2. The van der Waals surface area contributed by atoms with Crippen molar-refractivity contribution < 1.29 is 9.47 Å². The molecule has 0 unspecified atom stereocenters. The molecule has 1 aromatic carbocycles. The van der Waals surface area contributed by atoms with E-state index in [0.717, 1.165) is 30.0 Å². The van der Waals surface area contributed by atoms with E-state index in [0.29, 0.717) is 10.6 Å². The van der Waals surface area contributed by atoms with Crippen molar-refractivity contribution in [3.8, 4) is 11.5 Å². The Balaban J connectivity index is 1.95. The van der Waals surface area contributed by atoms with Gasteiger partial charge in [0.1, 0.15) is 5.82 Å². The molecular formula is C13H16N4O2S. The maximum atomic E-state index is 5.27. The van der Waals surface area contributed by atoms with Crippen LogP contribution in [0.4, 0.5) is 5.82 Å². The summed E-state index contributed by atoms with van der Waals surface area (Å²) in [6.07, 6.45) is 2.43. The highest BCUT2D eigenvalue weighted by atomic mass is 32.1. The average molecular weight is 292 g/mol. The lowest BCUT2D eigenvalue weighted by Crippen LogP contribution is -2.07. The Morgan fingerprint density at radius 2 is 2.05 bits per heavy atom. The summed E-state index contributed by atoms with van der Waals surface area (Å²) in [5.74, 6) is 2.12. The number of methoxy groups -OCH3 is 2. The average Bonchev–Trinajstić information content (AvgIpc) is 2.47. The minimum absolute atomic E-state index is 0.362. The molecular weight excluding hydrogens is 276 g/mol. The fraction of sp³-hybridized carbons (Fsp3) is 0.308. The second kappa shape index (κ2) is 6.85. The van der Waals surface area contributed by atoms with Gasteiger partial charge in [-0.1, -0.05) is 6.07 Å². The zero-order chi connectivity index (χ0) is 14.4. The topological polar surface area (TPSA) is 72.1 Å². The van der Waals surface area contributed by atoms with Crippen molar-refractivity contribution in [2.45, 2.75) is 6.42 Å². The summed E-state index contributed by atoms with van der Waals surface area (Å²) in [5, 5.41) is 9.63. The van der Waals surface area contributed by atoms with Gasteiger partial charge in [0.25, 0.3) is 0 Å². The lowest BCUT2D eigenvalue weighted by Gasteiger charge is -2.10. The summed E-state index contributed by atoms with van der Waals surface area (Å²) in [4.78, 5) is 4.11. The van der Waals surface area contributed by atoms with E-state index in [1.165, 1.54) is 0 Å². The van der Waals surface area contributed by atoms with Crippen molar-refractivity contribution in [3.05, 3.63) is 34.7 Å². The summed E-state index contributed by atoms with van der Waals surface area (Å²) < 4.78 is 10.8. The van der Waals surface area contributed by atoms with Crippen LogP contribution in [0.2, 0.25) is 0 Å². The molecule has 0 atom stereocenters. The Kier molecular flexibility index (Phi) is 4.89. The number of hydrogen-bond acceptors (Lipinski definition) is 6. The van der Waals surface area contributed by atoms with E-state index in [2.05, 4.69) is 20.5 Å². The number of H-pyrrole nitrogens is 1. The summed E-state index contributed by atoms with van der Waals surface area (Å²) in [7, 11) is 3.25. The lowest BCUT2D eigenvalue weighted by molar-refractivity contribution is 0.354. The van der Waals surface area contributed by atoms with Gasteiger partial charge in [-0.2, -0.15) is 5.10 Å². The molecule has 0 saturated carbocycles. The van der Waals surface area contributed by atoms with E-state index in [9.17, 15) is 0 Å².